The van der Waals surface area contributed by atoms with E-state index >= 15 is 0 Å². The van der Waals surface area contributed by atoms with E-state index in [0.29, 0.717) is 16.5 Å². The van der Waals surface area contributed by atoms with Crippen LogP contribution in [0, 0.1) is 5.82 Å². The molecule has 136 valence electrons. The van der Waals surface area contributed by atoms with Crippen LogP contribution in [0.5, 0.6) is 0 Å². The Labute approximate surface area is 159 Å². The maximum Gasteiger partial charge on any atom is 0.191 e. The molecule has 0 amide bonds. The van der Waals surface area contributed by atoms with Crippen molar-refractivity contribution >= 4 is 28.4 Å². The second-order valence-corrected chi connectivity index (χ2v) is 7.55. The van der Waals surface area contributed by atoms with Crippen molar-refractivity contribution in [3.8, 4) is 11.4 Å². The number of hydrogen-bond acceptors (Lipinski definition) is 4. The smallest absolute Gasteiger partial charge is 0.191 e. The number of nitrogens with one attached hydrogen (secondary N) is 1. The van der Waals surface area contributed by atoms with Crippen LogP contribution >= 0.6 is 11.8 Å². The second-order valence-electron chi connectivity index (χ2n) is 6.24. The molecule has 2 aromatic heterocycles. The number of rotatable bonds is 5. The number of ketones is 1. The predicted molar refractivity (Wildman–Crippen MR) is 104 cm³/mol. The van der Waals surface area contributed by atoms with E-state index < -0.39 is 0 Å². The van der Waals surface area contributed by atoms with Crippen LogP contribution in [0.25, 0.3) is 22.3 Å². The minimum absolute atomic E-state index is 0.0313. The summed E-state index contributed by atoms with van der Waals surface area (Å²) in [6.45, 7) is 1.86. The highest BCUT2D eigenvalue weighted by molar-refractivity contribution is 8.00. The van der Waals surface area contributed by atoms with Gasteiger partial charge in [-0.1, -0.05) is 30.0 Å². The molecule has 0 fully saturated rings. The molecule has 0 saturated carbocycles. The Bertz CT molecular complexity index is 1120. The molecular weight excluding hydrogens is 363 g/mol. The van der Waals surface area contributed by atoms with E-state index in [0.717, 1.165) is 16.5 Å². The fourth-order valence-electron chi connectivity index (χ4n) is 2.97. The molecule has 0 aliphatic heterocycles. The molecule has 0 spiro atoms. The standard InChI is InChI=1S/C20H17FN4OS/c1-12(18(26)16-11-22-17-6-4-3-5-15(16)17)27-20-24-23-19(25(20)2)13-7-9-14(21)10-8-13/h3-12,22H,1-2H3/t12-/m0/s1. The number of para-hydroxylation sites is 1. The van der Waals surface area contributed by atoms with E-state index in [9.17, 15) is 9.18 Å². The Morgan fingerprint density at radius 2 is 1.89 bits per heavy atom. The largest absolute Gasteiger partial charge is 0.360 e. The number of carbonyl (C=O) groups is 1. The topological polar surface area (TPSA) is 63.6 Å². The van der Waals surface area contributed by atoms with Crippen LogP contribution in [0.1, 0.15) is 17.3 Å². The molecule has 0 radical (unpaired) electrons. The molecule has 0 bridgehead atoms. The number of benzene rings is 2. The molecule has 0 unspecified atom stereocenters. The van der Waals surface area contributed by atoms with Gasteiger partial charge in [-0.25, -0.2) is 4.39 Å². The van der Waals surface area contributed by atoms with Gasteiger partial charge in [-0.15, -0.1) is 10.2 Å². The molecule has 1 atom stereocenters. The molecule has 27 heavy (non-hydrogen) atoms. The first-order valence-electron chi connectivity index (χ1n) is 8.47. The number of aromatic amines is 1. The summed E-state index contributed by atoms with van der Waals surface area (Å²) in [5.74, 6) is 0.362. The van der Waals surface area contributed by atoms with E-state index in [1.807, 2.05) is 42.8 Å². The lowest BCUT2D eigenvalue weighted by Gasteiger charge is -2.09. The zero-order valence-corrected chi connectivity index (χ0v) is 15.6. The number of fused-ring (bicyclic) bond motifs is 1. The van der Waals surface area contributed by atoms with Crippen molar-refractivity contribution in [2.75, 3.05) is 0 Å². The number of carbonyl (C=O) groups excluding carboxylic acids is 1. The van der Waals surface area contributed by atoms with E-state index in [1.54, 1.807) is 18.3 Å². The van der Waals surface area contributed by atoms with Crippen LogP contribution in [-0.4, -0.2) is 30.8 Å². The number of Topliss-reactive ketones (excluding diaryl/α,β-unsaturated/α-hetero) is 1. The lowest BCUT2D eigenvalue weighted by atomic mass is 10.1. The van der Waals surface area contributed by atoms with Crippen molar-refractivity contribution in [3.63, 3.8) is 0 Å². The Morgan fingerprint density at radius 1 is 1.15 bits per heavy atom. The van der Waals surface area contributed by atoms with Gasteiger partial charge in [-0.3, -0.25) is 4.79 Å². The zero-order valence-electron chi connectivity index (χ0n) is 14.8. The van der Waals surface area contributed by atoms with Crippen molar-refractivity contribution in [1.29, 1.82) is 0 Å². The maximum atomic E-state index is 13.1. The molecule has 7 heteroatoms. The van der Waals surface area contributed by atoms with Gasteiger partial charge in [0.25, 0.3) is 0 Å². The maximum absolute atomic E-state index is 13.1. The van der Waals surface area contributed by atoms with Crippen LogP contribution in [0.15, 0.2) is 59.9 Å². The molecule has 0 saturated heterocycles. The Kier molecular flexibility index (Phi) is 4.53. The van der Waals surface area contributed by atoms with Crippen molar-refractivity contribution in [2.45, 2.75) is 17.3 Å². The number of thioether (sulfide) groups is 1. The highest BCUT2D eigenvalue weighted by atomic mass is 32.2. The molecule has 1 N–H and O–H groups in total. The van der Waals surface area contributed by atoms with Crippen molar-refractivity contribution in [1.82, 2.24) is 19.7 Å². The Balaban J connectivity index is 1.57. The number of aromatic nitrogens is 4. The van der Waals surface area contributed by atoms with Crippen LogP contribution in [0.4, 0.5) is 4.39 Å². The van der Waals surface area contributed by atoms with Gasteiger partial charge in [0.2, 0.25) is 0 Å². The van der Waals surface area contributed by atoms with Crippen molar-refractivity contribution < 1.29 is 9.18 Å². The normalized spacial score (nSPS) is 12.4. The minimum Gasteiger partial charge on any atom is -0.360 e. The summed E-state index contributed by atoms with van der Waals surface area (Å²) in [6, 6.07) is 13.8. The van der Waals surface area contributed by atoms with Crippen LogP contribution < -0.4 is 0 Å². The summed E-state index contributed by atoms with van der Waals surface area (Å²) in [4.78, 5) is 16.0. The van der Waals surface area contributed by atoms with Gasteiger partial charge in [0, 0.05) is 35.3 Å². The van der Waals surface area contributed by atoms with Gasteiger partial charge in [0.05, 0.1) is 5.25 Å². The lowest BCUT2D eigenvalue weighted by Crippen LogP contribution is -2.14. The SMILES string of the molecule is C[C@H](Sc1nnc(-c2ccc(F)cc2)n1C)C(=O)c1c[nH]c2ccccc12. The number of halogens is 1. The van der Waals surface area contributed by atoms with E-state index in [4.69, 9.17) is 0 Å². The third kappa shape index (κ3) is 3.26. The third-order valence-corrected chi connectivity index (χ3v) is 5.58. The van der Waals surface area contributed by atoms with Gasteiger partial charge < -0.3 is 9.55 Å². The summed E-state index contributed by atoms with van der Waals surface area (Å²) in [6.07, 6.45) is 1.75. The fourth-order valence-corrected chi connectivity index (χ4v) is 3.86. The van der Waals surface area contributed by atoms with Gasteiger partial charge in [0.1, 0.15) is 5.82 Å². The van der Waals surface area contributed by atoms with E-state index in [2.05, 4.69) is 15.2 Å². The molecule has 4 rings (SSSR count). The van der Waals surface area contributed by atoms with Gasteiger partial charge in [-0.05, 0) is 37.3 Å². The first-order chi connectivity index (χ1) is 13.0. The van der Waals surface area contributed by atoms with Gasteiger partial charge >= 0.3 is 0 Å². The predicted octanol–water partition coefficient (Wildman–Crippen LogP) is 4.47. The molecule has 4 aromatic rings. The molecule has 0 aliphatic rings. The van der Waals surface area contributed by atoms with Crippen LogP contribution in [0.3, 0.4) is 0 Å². The molecular formula is C20H17FN4OS. The van der Waals surface area contributed by atoms with E-state index in [-0.39, 0.29) is 16.9 Å². The van der Waals surface area contributed by atoms with Gasteiger partial charge in [-0.2, -0.15) is 0 Å². The second kappa shape index (κ2) is 7.00. The molecule has 5 nitrogen and oxygen atoms in total. The fraction of sp³-hybridized carbons (Fsp3) is 0.150. The highest BCUT2D eigenvalue weighted by Crippen LogP contribution is 2.29. The van der Waals surface area contributed by atoms with E-state index in [1.165, 1.54) is 23.9 Å². The first-order valence-corrected chi connectivity index (χ1v) is 9.35. The molecule has 2 aromatic carbocycles. The molecule has 2 heterocycles. The summed E-state index contributed by atoms with van der Waals surface area (Å²) in [7, 11) is 1.84. The minimum atomic E-state index is -0.326. The van der Waals surface area contributed by atoms with Crippen LogP contribution in [-0.2, 0) is 7.05 Å². The summed E-state index contributed by atoms with van der Waals surface area (Å²) >= 11 is 1.36. The number of nitrogens with zero attached hydrogens (tertiary/aromatic N) is 3. The lowest BCUT2D eigenvalue weighted by molar-refractivity contribution is 0.0995. The first kappa shape index (κ1) is 17.5. The average molecular weight is 380 g/mol. The van der Waals surface area contributed by atoms with Crippen molar-refractivity contribution in [2.24, 2.45) is 7.05 Å². The number of H-pyrrole nitrogens is 1. The van der Waals surface area contributed by atoms with Gasteiger partial charge in [0.15, 0.2) is 16.8 Å². The quantitative estimate of drug-likeness (QED) is 0.410. The zero-order chi connectivity index (χ0) is 19.0. The highest BCUT2D eigenvalue weighted by Gasteiger charge is 2.22. The van der Waals surface area contributed by atoms with Crippen molar-refractivity contribution in [3.05, 3.63) is 66.1 Å². The average Bonchev–Trinajstić information content (AvgIpc) is 3.26. The monoisotopic (exact) mass is 380 g/mol. The van der Waals surface area contributed by atoms with Crippen LogP contribution in [0.2, 0.25) is 0 Å². The summed E-state index contributed by atoms with van der Waals surface area (Å²) in [5, 5.41) is 9.62. The Hall–Kier alpha value is -2.93. The Morgan fingerprint density at radius 3 is 2.67 bits per heavy atom. The summed E-state index contributed by atoms with van der Waals surface area (Å²) < 4.78 is 14.9. The molecule has 0 aliphatic carbocycles. The summed E-state index contributed by atoms with van der Waals surface area (Å²) in [5.41, 5.74) is 2.38. The number of hydrogen-bond donors (Lipinski definition) is 1. The third-order valence-electron chi connectivity index (χ3n) is 4.44.